The summed E-state index contributed by atoms with van der Waals surface area (Å²) in [5, 5.41) is 10.4. The van der Waals surface area contributed by atoms with Crippen molar-refractivity contribution in [2.75, 3.05) is 0 Å². The zero-order valence-corrected chi connectivity index (χ0v) is 8.28. The molecular formula is C6H8BrN3O2. The fourth-order valence-corrected chi connectivity index (χ4v) is 1.55. The lowest BCUT2D eigenvalue weighted by molar-refractivity contribution is -0.390. The molecule has 0 radical (unpaired) electrons. The van der Waals surface area contributed by atoms with E-state index >= 15 is 0 Å². The molecule has 5 nitrogen and oxygen atoms in total. The van der Waals surface area contributed by atoms with Crippen LogP contribution in [0, 0.1) is 10.1 Å². The van der Waals surface area contributed by atoms with Crippen LogP contribution in [0.25, 0.3) is 0 Å². The van der Waals surface area contributed by atoms with Crippen molar-refractivity contribution in [3.05, 3.63) is 22.1 Å². The predicted octanol–water partition coefficient (Wildman–Crippen LogP) is 1.78. The second kappa shape index (κ2) is 3.22. The van der Waals surface area contributed by atoms with Crippen molar-refractivity contribution in [3.63, 3.8) is 0 Å². The first-order valence-electron chi connectivity index (χ1n) is 3.33. The van der Waals surface area contributed by atoms with Gasteiger partial charge in [-0.1, -0.05) is 15.9 Å². The molecule has 0 aliphatic rings. The summed E-state index contributed by atoms with van der Waals surface area (Å²) in [6.45, 7) is 1.82. The van der Waals surface area contributed by atoms with Gasteiger partial charge >= 0.3 is 5.82 Å². The third-order valence-electron chi connectivity index (χ3n) is 1.51. The summed E-state index contributed by atoms with van der Waals surface area (Å²) in [7, 11) is 1.73. The average Bonchev–Trinajstić information content (AvgIpc) is 2.30. The van der Waals surface area contributed by atoms with Crippen LogP contribution in [0.3, 0.4) is 0 Å². The minimum atomic E-state index is -0.479. The van der Waals surface area contributed by atoms with E-state index in [0.29, 0.717) is 5.69 Å². The lowest BCUT2D eigenvalue weighted by Gasteiger charge is -2.02. The standard InChI is InChI=1S/C6H8BrN3O2/c1-4(7)5-6(10(11)12)8-3-9(5)2/h3-4H,1-2H3. The molecule has 0 saturated heterocycles. The molecule has 1 heterocycles. The summed E-state index contributed by atoms with van der Waals surface area (Å²) in [6.07, 6.45) is 1.44. The molecule has 0 saturated carbocycles. The van der Waals surface area contributed by atoms with Gasteiger partial charge in [0, 0.05) is 7.05 Å². The van der Waals surface area contributed by atoms with E-state index in [0.717, 1.165) is 0 Å². The van der Waals surface area contributed by atoms with Crippen LogP contribution >= 0.6 is 15.9 Å². The molecule has 1 unspecified atom stereocenters. The van der Waals surface area contributed by atoms with Gasteiger partial charge < -0.3 is 14.7 Å². The summed E-state index contributed by atoms with van der Waals surface area (Å²) >= 11 is 3.27. The molecule has 0 aliphatic heterocycles. The van der Waals surface area contributed by atoms with Gasteiger partial charge in [0.15, 0.2) is 0 Å². The second-order valence-corrected chi connectivity index (χ2v) is 3.81. The third kappa shape index (κ3) is 1.47. The highest BCUT2D eigenvalue weighted by molar-refractivity contribution is 9.09. The SMILES string of the molecule is CC(Br)c1c([N+](=O)[O-])ncn1C. The Balaban J connectivity index is 3.21. The Morgan fingerprint density at radius 2 is 2.42 bits per heavy atom. The highest BCUT2D eigenvalue weighted by Gasteiger charge is 2.22. The van der Waals surface area contributed by atoms with Crippen molar-refractivity contribution in [1.82, 2.24) is 9.55 Å². The summed E-state index contributed by atoms with van der Waals surface area (Å²) in [5.74, 6) is -0.0816. The fraction of sp³-hybridized carbons (Fsp3) is 0.500. The Bertz CT molecular complexity index is 308. The molecule has 1 aromatic rings. The number of halogens is 1. The Kier molecular flexibility index (Phi) is 2.46. The highest BCUT2D eigenvalue weighted by Crippen LogP contribution is 2.28. The van der Waals surface area contributed by atoms with E-state index in [-0.39, 0.29) is 10.6 Å². The van der Waals surface area contributed by atoms with E-state index in [1.807, 2.05) is 6.92 Å². The van der Waals surface area contributed by atoms with Crippen LogP contribution in [-0.4, -0.2) is 14.5 Å². The number of aryl methyl sites for hydroxylation is 1. The number of nitrogens with zero attached hydrogens (tertiary/aromatic N) is 3. The topological polar surface area (TPSA) is 61.0 Å². The number of imidazole rings is 1. The quantitative estimate of drug-likeness (QED) is 0.445. The molecule has 0 fully saturated rings. The average molecular weight is 234 g/mol. The predicted molar refractivity (Wildman–Crippen MR) is 47.2 cm³/mol. The van der Waals surface area contributed by atoms with Gasteiger partial charge in [-0.2, -0.15) is 0 Å². The number of aromatic nitrogens is 2. The number of hydrogen-bond acceptors (Lipinski definition) is 3. The van der Waals surface area contributed by atoms with Crippen molar-refractivity contribution in [2.45, 2.75) is 11.8 Å². The van der Waals surface area contributed by atoms with Crippen molar-refractivity contribution in [2.24, 2.45) is 7.05 Å². The van der Waals surface area contributed by atoms with Crippen molar-refractivity contribution < 1.29 is 4.92 Å². The smallest absolute Gasteiger partial charge is 0.358 e. The third-order valence-corrected chi connectivity index (χ3v) is 1.95. The molecule has 6 heteroatoms. The first-order valence-corrected chi connectivity index (χ1v) is 4.25. The fourth-order valence-electron chi connectivity index (χ4n) is 1.03. The van der Waals surface area contributed by atoms with Gasteiger partial charge in [0.25, 0.3) is 0 Å². The Labute approximate surface area is 77.7 Å². The largest absolute Gasteiger partial charge is 0.385 e. The maximum atomic E-state index is 10.4. The van der Waals surface area contributed by atoms with Gasteiger partial charge in [0.2, 0.25) is 6.33 Å². The molecule has 0 bridgehead atoms. The summed E-state index contributed by atoms with van der Waals surface area (Å²) < 4.78 is 1.64. The monoisotopic (exact) mass is 233 g/mol. The summed E-state index contributed by atoms with van der Waals surface area (Å²) in [6, 6.07) is 0. The first kappa shape index (κ1) is 9.18. The number of hydrogen-bond donors (Lipinski definition) is 0. The lowest BCUT2D eigenvalue weighted by atomic mass is 10.3. The Morgan fingerprint density at radius 1 is 1.83 bits per heavy atom. The van der Waals surface area contributed by atoms with Crippen LogP contribution in [0.4, 0.5) is 5.82 Å². The van der Waals surface area contributed by atoms with E-state index in [2.05, 4.69) is 20.9 Å². The van der Waals surface area contributed by atoms with Crippen LogP contribution in [0.5, 0.6) is 0 Å². The zero-order valence-electron chi connectivity index (χ0n) is 6.69. The summed E-state index contributed by atoms with van der Waals surface area (Å²) in [4.78, 5) is 13.6. The van der Waals surface area contributed by atoms with Gasteiger partial charge in [-0.3, -0.25) is 0 Å². The summed E-state index contributed by atoms with van der Waals surface area (Å²) in [5.41, 5.74) is 0.583. The lowest BCUT2D eigenvalue weighted by Crippen LogP contribution is -1.99. The van der Waals surface area contributed by atoms with Gasteiger partial charge in [-0.15, -0.1) is 0 Å². The van der Waals surface area contributed by atoms with Crippen LogP contribution in [0.15, 0.2) is 6.33 Å². The molecule has 0 aromatic carbocycles. The molecule has 1 atom stereocenters. The number of nitro groups is 1. The Morgan fingerprint density at radius 3 is 2.75 bits per heavy atom. The first-order chi connectivity index (χ1) is 5.54. The number of rotatable bonds is 2. The maximum absolute atomic E-state index is 10.4. The van der Waals surface area contributed by atoms with E-state index in [1.54, 1.807) is 11.6 Å². The molecule has 0 amide bonds. The minimum absolute atomic E-state index is 0.0644. The maximum Gasteiger partial charge on any atom is 0.385 e. The molecule has 0 N–H and O–H groups in total. The second-order valence-electron chi connectivity index (χ2n) is 2.44. The zero-order chi connectivity index (χ0) is 9.30. The minimum Gasteiger partial charge on any atom is -0.358 e. The number of alkyl halides is 1. The Hall–Kier alpha value is -0.910. The molecule has 0 spiro atoms. The van der Waals surface area contributed by atoms with Gasteiger partial charge in [-0.05, 0) is 16.8 Å². The van der Waals surface area contributed by atoms with Crippen molar-refractivity contribution >= 4 is 21.7 Å². The molecule has 0 aliphatic carbocycles. The molecule has 66 valence electrons. The van der Waals surface area contributed by atoms with E-state index in [9.17, 15) is 10.1 Å². The molecule has 12 heavy (non-hydrogen) atoms. The van der Waals surface area contributed by atoms with Crippen molar-refractivity contribution in [1.29, 1.82) is 0 Å². The van der Waals surface area contributed by atoms with Gasteiger partial charge in [0.05, 0.1) is 4.83 Å². The van der Waals surface area contributed by atoms with Crippen LogP contribution in [0.1, 0.15) is 17.4 Å². The van der Waals surface area contributed by atoms with E-state index < -0.39 is 4.92 Å². The van der Waals surface area contributed by atoms with Crippen LogP contribution < -0.4 is 0 Å². The molecule has 1 rings (SSSR count). The molecular weight excluding hydrogens is 226 g/mol. The van der Waals surface area contributed by atoms with Gasteiger partial charge in [0.1, 0.15) is 5.69 Å². The molecule has 1 aromatic heterocycles. The van der Waals surface area contributed by atoms with Crippen LogP contribution in [-0.2, 0) is 7.05 Å². The normalized spacial score (nSPS) is 12.9. The van der Waals surface area contributed by atoms with Gasteiger partial charge in [-0.25, -0.2) is 0 Å². The van der Waals surface area contributed by atoms with E-state index in [1.165, 1.54) is 6.33 Å². The van der Waals surface area contributed by atoms with Crippen LogP contribution in [0.2, 0.25) is 0 Å². The van der Waals surface area contributed by atoms with E-state index in [4.69, 9.17) is 0 Å². The van der Waals surface area contributed by atoms with Crippen molar-refractivity contribution in [3.8, 4) is 0 Å². The highest BCUT2D eigenvalue weighted by atomic mass is 79.9.